The summed E-state index contributed by atoms with van der Waals surface area (Å²) in [6.07, 6.45) is 6.66. The van der Waals surface area contributed by atoms with Gasteiger partial charge in [0.25, 0.3) is 0 Å². The quantitative estimate of drug-likeness (QED) is 0.336. The summed E-state index contributed by atoms with van der Waals surface area (Å²) in [6.45, 7) is 6.17. The number of Topliss-reactive ketones (excluding diaryl/α,β-unsaturated/α-hetero) is 1. The number of hydrogen-bond donors (Lipinski definition) is 5. The number of nitrogens with two attached hydrogens (primary N) is 2. The number of aliphatic hydroxyl groups excluding tert-OH is 1. The zero-order valence-electron chi connectivity index (χ0n) is 18.4. The number of carbonyl (C=O) groups excluding carboxylic acids is 3. The van der Waals surface area contributed by atoms with Crippen LogP contribution in [-0.4, -0.2) is 55.0 Å². The van der Waals surface area contributed by atoms with Crippen molar-refractivity contribution in [3.63, 3.8) is 0 Å². The summed E-state index contributed by atoms with van der Waals surface area (Å²) >= 11 is 0. The Labute approximate surface area is 175 Å². The third-order valence-electron chi connectivity index (χ3n) is 5.16. The van der Waals surface area contributed by atoms with Crippen molar-refractivity contribution in [2.75, 3.05) is 26.2 Å². The molecule has 8 heteroatoms. The van der Waals surface area contributed by atoms with Gasteiger partial charge in [0.15, 0.2) is 5.78 Å². The van der Waals surface area contributed by atoms with Crippen LogP contribution in [0.2, 0.25) is 0 Å². The molecule has 0 saturated heterocycles. The summed E-state index contributed by atoms with van der Waals surface area (Å²) in [5.74, 6) is -0.475. The number of amides is 2. The minimum Gasteiger partial charge on any atom is -0.397 e. The van der Waals surface area contributed by atoms with Gasteiger partial charge in [0, 0.05) is 18.4 Å². The third kappa shape index (κ3) is 11.3. The first-order valence-corrected chi connectivity index (χ1v) is 10.9. The van der Waals surface area contributed by atoms with Gasteiger partial charge in [-0.25, -0.2) is 0 Å². The van der Waals surface area contributed by atoms with Gasteiger partial charge in [-0.1, -0.05) is 33.1 Å². The molecule has 1 aliphatic rings. The van der Waals surface area contributed by atoms with Crippen molar-refractivity contribution in [3.8, 4) is 0 Å². The molecule has 2 atom stereocenters. The van der Waals surface area contributed by atoms with E-state index in [0.717, 1.165) is 25.7 Å². The maximum atomic E-state index is 12.6. The van der Waals surface area contributed by atoms with Crippen molar-refractivity contribution in [2.45, 2.75) is 71.8 Å². The SMILES string of the molecule is CC(C)C(=O)C(CCN)NC(=O)CNC(=O)C(CCN)C1CCCCC1.CCO. The molecule has 0 radical (unpaired) electrons. The van der Waals surface area contributed by atoms with Crippen LogP contribution in [0.15, 0.2) is 0 Å². The molecule has 0 heterocycles. The molecule has 1 saturated carbocycles. The Hall–Kier alpha value is -1.51. The van der Waals surface area contributed by atoms with E-state index < -0.39 is 6.04 Å². The first-order valence-electron chi connectivity index (χ1n) is 10.9. The van der Waals surface area contributed by atoms with Crippen LogP contribution in [0.3, 0.4) is 0 Å². The maximum absolute atomic E-state index is 12.6. The smallest absolute Gasteiger partial charge is 0.239 e. The van der Waals surface area contributed by atoms with E-state index in [1.165, 1.54) is 6.42 Å². The van der Waals surface area contributed by atoms with E-state index in [0.29, 0.717) is 31.8 Å². The zero-order chi connectivity index (χ0) is 22.2. The lowest BCUT2D eigenvalue weighted by Crippen LogP contribution is -2.48. The number of aliphatic hydroxyl groups is 1. The van der Waals surface area contributed by atoms with E-state index in [9.17, 15) is 14.4 Å². The van der Waals surface area contributed by atoms with Crippen LogP contribution in [0.4, 0.5) is 0 Å². The van der Waals surface area contributed by atoms with Gasteiger partial charge >= 0.3 is 0 Å². The Kier molecular flexibility index (Phi) is 15.5. The van der Waals surface area contributed by atoms with Gasteiger partial charge in [-0.15, -0.1) is 0 Å². The molecule has 2 amide bonds. The molecule has 2 unspecified atom stereocenters. The van der Waals surface area contributed by atoms with Crippen LogP contribution in [0.25, 0.3) is 0 Å². The number of nitrogens with one attached hydrogen (secondary N) is 2. The lowest BCUT2D eigenvalue weighted by Gasteiger charge is -2.29. The van der Waals surface area contributed by atoms with Crippen LogP contribution in [0, 0.1) is 17.8 Å². The standard InChI is InChI=1S/C19H36N4O3.C2H6O/c1-13(2)18(25)16(9-11-21)23-17(24)12-22-19(26)15(8-10-20)14-6-4-3-5-7-14;1-2-3/h13-16H,3-12,20-21H2,1-2H3,(H,22,26)(H,23,24);3H,2H2,1H3. The zero-order valence-corrected chi connectivity index (χ0v) is 18.4. The summed E-state index contributed by atoms with van der Waals surface area (Å²) in [6, 6.07) is -0.595. The van der Waals surface area contributed by atoms with Gasteiger partial charge in [-0.2, -0.15) is 0 Å². The van der Waals surface area contributed by atoms with Crippen LogP contribution >= 0.6 is 0 Å². The highest BCUT2D eigenvalue weighted by molar-refractivity contribution is 5.92. The highest BCUT2D eigenvalue weighted by Crippen LogP contribution is 2.31. The number of rotatable bonds is 11. The number of ketones is 1. The van der Waals surface area contributed by atoms with Crippen molar-refractivity contribution in [3.05, 3.63) is 0 Å². The lowest BCUT2D eigenvalue weighted by atomic mass is 9.78. The molecule has 170 valence electrons. The van der Waals surface area contributed by atoms with Crippen LogP contribution in [-0.2, 0) is 14.4 Å². The summed E-state index contributed by atoms with van der Waals surface area (Å²) < 4.78 is 0. The van der Waals surface area contributed by atoms with Gasteiger partial charge < -0.3 is 27.2 Å². The van der Waals surface area contributed by atoms with Crippen LogP contribution in [0.1, 0.15) is 65.7 Å². The van der Waals surface area contributed by atoms with Crippen molar-refractivity contribution >= 4 is 17.6 Å². The van der Waals surface area contributed by atoms with E-state index in [4.69, 9.17) is 16.6 Å². The van der Waals surface area contributed by atoms with E-state index >= 15 is 0 Å². The van der Waals surface area contributed by atoms with Crippen LogP contribution in [0.5, 0.6) is 0 Å². The predicted octanol–water partition coefficient (Wildman–Crippen LogP) is 0.705. The molecule has 1 fully saturated rings. The minimum absolute atomic E-state index is 0.0432. The summed E-state index contributed by atoms with van der Waals surface area (Å²) in [7, 11) is 0. The molecular formula is C21H42N4O4. The molecule has 0 aromatic heterocycles. The first-order chi connectivity index (χ1) is 13.8. The second kappa shape index (κ2) is 16.3. The number of hydrogen-bond acceptors (Lipinski definition) is 6. The molecule has 0 spiro atoms. The van der Waals surface area contributed by atoms with E-state index in [-0.39, 0.29) is 42.6 Å². The second-order valence-electron chi connectivity index (χ2n) is 7.87. The molecule has 8 nitrogen and oxygen atoms in total. The molecule has 29 heavy (non-hydrogen) atoms. The molecule has 0 aromatic rings. The fraction of sp³-hybridized carbons (Fsp3) is 0.857. The molecule has 0 aliphatic heterocycles. The predicted molar refractivity (Wildman–Crippen MR) is 115 cm³/mol. The summed E-state index contributed by atoms with van der Waals surface area (Å²) in [5, 5.41) is 13.0. The molecule has 7 N–H and O–H groups in total. The Morgan fingerprint density at radius 2 is 1.59 bits per heavy atom. The molecule has 1 aliphatic carbocycles. The lowest BCUT2D eigenvalue weighted by molar-refractivity contribution is -0.132. The van der Waals surface area contributed by atoms with Gasteiger partial charge in [-0.05, 0) is 51.6 Å². The Bertz CT molecular complexity index is 479. The fourth-order valence-corrected chi connectivity index (χ4v) is 3.70. The van der Waals surface area contributed by atoms with Crippen molar-refractivity contribution in [1.29, 1.82) is 0 Å². The summed E-state index contributed by atoms with van der Waals surface area (Å²) in [5.41, 5.74) is 11.2. The van der Waals surface area contributed by atoms with Crippen molar-refractivity contribution in [1.82, 2.24) is 10.6 Å². The molecular weight excluding hydrogens is 372 g/mol. The van der Waals surface area contributed by atoms with Gasteiger partial charge in [0.2, 0.25) is 11.8 Å². The Morgan fingerprint density at radius 1 is 1.03 bits per heavy atom. The molecule has 0 bridgehead atoms. The van der Waals surface area contributed by atoms with E-state index in [1.54, 1.807) is 20.8 Å². The topological polar surface area (TPSA) is 148 Å². The highest BCUT2D eigenvalue weighted by Gasteiger charge is 2.29. The Balaban J connectivity index is 0.00000245. The fourth-order valence-electron chi connectivity index (χ4n) is 3.70. The first kappa shape index (κ1) is 27.5. The normalized spacial score (nSPS) is 16.4. The Morgan fingerprint density at radius 3 is 2.07 bits per heavy atom. The molecule has 1 rings (SSSR count). The highest BCUT2D eigenvalue weighted by atomic mass is 16.2. The average Bonchev–Trinajstić information content (AvgIpc) is 2.70. The van der Waals surface area contributed by atoms with E-state index in [1.807, 2.05) is 0 Å². The second-order valence-corrected chi connectivity index (χ2v) is 7.87. The largest absolute Gasteiger partial charge is 0.397 e. The van der Waals surface area contributed by atoms with Gasteiger partial charge in [0.1, 0.15) is 0 Å². The number of carbonyl (C=O) groups is 3. The molecule has 0 aromatic carbocycles. The van der Waals surface area contributed by atoms with Crippen molar-refractivity contribution in [2.24, 2.45) is 29.2 Å². The van der Waals surface area contributed by atoms with Gasteiger partial charge in [0.05, 0.1) is 12.6 Å². The monoisotopic (exact) mass is 414 g/mol. The summed E-state index contributed by atoms with van der Waals surface area (Å²) in [4.78, 5) is 36.9. The third-order valence-corrected chi connectivity index (χ3v) is 5.16. The van der Waals surface area contributed by atoms with Crippen molar-refractivity contribution < 1.29 is 19.5 Å². The minimum atomic E-state index is -0.595. The van der Waals surface area contributed by atoms with Gasteiger partial charge in [-0.3, -0.25) is 14.4 Å². The van der Waals surface area contributed by atoms with Crippen LogP contribution < -0.4 is 22.1 Å². The van der Waals surface area contributed by atoms with E-state index in [2.05, 4.69) is 10.6 Å². The maximum Gasteiger partial charge on any atom is 0.239 e. The average molecular weight is 415 g/mol.